The van der Waals surface area contributed by atoms with Crippen LogP contribution in [-0.2, 0) is 20.9 Å². The zero-order valence-electron chi connectivity index (χ0n) is 18.0. The van der Waals surface area contributed by atoms with Crippen molar-refractivity contribution in [3.8, 4) is 11.5 Å². The number of anilines is 1. The number of nitrogens with one attached hydrogen (secondary N) is 2. The van der Waals surface area contributed by atoms with Gasteiger partial charge in [-0.1, -0.05) is 12.1 Å². The van der Waals surface area contributed by atoms with E-state index < -0.39 is 30.6 Å². The van der Waals surface area contributed by atoms with E-state index in [0.29, 0.717) is 16.9 Å². The van der Waals surface area contributed by atoms with Gasteiger partial charge in [-0.25, -0.2) is 0 Å². The van der Waals surface area contributed by atoms with Gasteiger partial charge in [-0.3, -0.25) is 24.5 Å². The monoisotopic (exact) mass is 473 g/mol. The Hall–Kier alpha value is -4.02. The lowest BCUT2D eigenvalue weighted by molar-refractivity contribution is -0.137. The summed E-state index contributed by atoms with van der Waals surface area (Å²) in [6.45, 7) is -1.39. The normalized spacial score (nSPS) is 18.4. The number of rotatable bonds is 7. The molecule has 0 saturated carbocycles. The maximum absolute atomic E-state index is 12.8. The van der Waals surface area contributed by atoms with Crippen molar-refractivity contribution in [3.05, 3.63) is 53.6 Å². The van der Waals surface area contributed by atoms with E-state index in [1.165, 1.54) is 36.1 Å². The highest BCUT2D eigenvalue weighted by Crippen LogP contribution is 2.31. The second-order valence-electron chi connectivity index (χ2n) is 7.84. The number of hydrogen-bond donors (Lipinski definition) is 2. The number of alkyl halides is 2. The van der Waals surface area contributed by atoms with Gasteiger partial charge in [-0.15, -0.1) is 0 Å². The van der Waals surface area contributed by atoms with Gasteiger partial charge in [0.2, 0.25) is 11.8 Å². The summed E-state index contributed by atoms with van der Waals surface area (Å²) in [5.41, 5.74) is 1.10. The number of piperidine rings is 1. The zero-order chi connectivity index (χ0) is 24.4. The number of para-hydroxylation sites is 2. The van der Waals surface area contributed by atoms with Crippen molar-refractivity contribution in [2.24, 2.45) is 0 Å². The van der Waals surface area contributed by atoms with Crippen LogP contribution in [0.15, 0.2) is 42.5 Å². The van der Waals surface area contributed by atoms with Crippen molar-refractivity contribution in [3.63, 3.8) is 0 Å². The molecule has 2 atom stereocenters. The SMILES string of the molecule is CC(Oc1ccc2c(c1)CN(C1CCC(=O)NC1=O)C2=O)C(=O)Nc1ccccc1OC(F)F. The van der Waals surface area contributed by atoms with Gasteiger partial charge in [0.25, 0.3) is 11.8 Å². The lowest BCUT2D eigenvalue weighted by Gasteiger charge is -2.29. The second kappa shape index (κ2) is 9.46. The molecule has 2 aliphatic heterocycles. The van der Waals surface area contributed by atoms with Gasteiger partial charge in [0.15, 0.2) is 6.10 Å². The first-order valence-corrected chi connectivity index (χ1v) is 10.5. The van der Waals surface area contributed by atoms with E-state index in [1.54, 1.807) is 18.2 Å². The Bertz CT molecular complexity index is 1160. The lowest BCUT2D eigenvalue weighted by Crippen LogP contribution is -2.52. The molecule has 2 N–H and O–H groups in total. The van der Waals surface area contributed by atoms with Gasteiger partial charge in [0.05, 0.1) is 5.69 Å². The van der Waals surface area contributed by atoms with Crippen LogP contribution >= 0.6 is 0 Å². The van der Waals surface area contributed by atoms with E-state index in [1.807, 2.05) is 0 Å². The first-order chi connectivity index (χ1) is 16.2. The van der Waals surface area contributed by atoms with Crippen molar-refractivity contribution in [1.29, 1.82) is 0 Å². The molecule has 2 heterocycles. The first kappa shape index (κ1) is 23.1. The average molecular weight is 473 g/mol. The van der Waals surface area contributed by atoms with Crippen LogP contribution in [0.1, 0.15) is 35.7 Å². The average Bonchev–Trinajstić information content (AvgIpc) is 3.10. The van der Waals surface area contributed by atoms with Gasteiger partial charge in [0.1, 0.15) is 17.5 Å². The van der Waals surface area contributed by atoms with Crippen molar-refractivity contribution in [2.45, 2.75) is 45.1 Å². The van der Waals surface area contributed by atoms with Crippen molar-refractivity contribution in [1.82, 2.24) is 10.2 Å². The summed E-state index contributed by atoms with van der Waals surface area (Å²) in [6.07, 6.45) is -0.592. The zero-order valence-corrected chi connectivity index (χ0v) is 18.0. The molecule has 34 heavy (non-hydrogen) atoms. The molecule has 178 valence electrons. The molecule has 1 fully saturated rings. The highest BCUT2D eigenvalue weighted by molar-refractivity contribution is 6.05. The highest BCUT2D eigenvalue weighted by atomic mass is 19.3. The maximum atomic E-state index is 12.8. The number of imide groups is 1. The third-order valence-electron chi connectivity index (χ3n) is 5.54. The first-order valence-electron chi connectivity index (χ1n) is 10.5. The van der Waals surface area contributed by atoms with Crippen LogP contribution in [0.5, 0.6) is 11.5 Å². The van der Waals surface area contributed by atoms with Crippen molar-refractivity contribution in [2.75, 3.05) is 5.32 Å². The second-order valence-corrected chi connectivity index (χ2v) is 7.84. The number of ether oxygens (including phenoxy) is 2. The molecule has 9 nitrogen and oxygen atoms in total. The van der Waals surface area contributed by atoms with Crippen LogP contribution in [0.2, 0.25) is 0 Å². The third kappa shape index (κ3) is 4.82. The fraction of sp³-hybridized carbons (Fsp3) is 0.304. The Morgan fingerprint density at radius 3 is 2.65 bits per heavy atom. The number of nitrogens with zero attached hydrogens (tertiary/aromatic N) is 1. The summed E-state index contributed by atoms with van der Waals surface area (Å²) in [5.74, 6) is -1.64. The number of carbonyl (C=O) groups is 4. The van der Waals surface area contributed by atoms with E-state index in [2.05, 4.69) is 15.4 Å². The number of carbonyl (C=O) groups excluding carboxylic acids is 4. The fourth-order valence-corrected chi connectivity index (χ4v) is 3.88. The number of fused-ring (bicyclic) bond motifs is 1. The molecule has 4 rings (SSSR count). The summed E-state index contributed by atoms with van der Waals surface area (Å²) < 4.78 is 35.3. The Labute approximate surface area is 193 Å². The van der Waals surface area contributed by atoms with E-state index in [-0.39, 0.29) is 42.6 Å². The van der Waals surface area contributed by atoms with Crippen molar-refractivity contribution >= 4 is 29.3 Å². The molecular weight excluding hydrogens is 452 g/mol. The van der Waals surface area contributed by atoms with Crippen LogP contribution in [0, 0.1) is 0 Å². The number of halogens is 2. The molecule has 0 spiro atoms. The molecule has 11 heteroatoms. The summed E-state index contributed by atoms with van der Waals surface area (Å²) in [6, 6.07) is 9.74. The summed E-state index contributed by atoms with van der Waals surface area (Å²) in [4.78, 5) is 50.3. The van der Waals surface area contributed by atoms with E-state index in [9.17, 15) is 28.0 Å². The minimum Gasteiger partial charge on any atom is -0.481 e. The lowest BCUT2D eigenvalue weighted by atomic mass is 10.0. The van der Waals surface area contributed by atoms with Crippen LogP contribution in [-0.4, -0.2) is 47.3 Å². The quantitative estimate of drug-likeness (QED) is 0.598. The Morgan fingerprint density at radius 1 is 1.15 bits per heavy atom. The summed E-state index contributed by atoms with van der Waals surface area (Å²) in [5, 5.41) is 4.74. The van der Waals surface area contributed by atoms with Crippen LogP contribution in [0.25, 0.3) is 0 Å². The topological polar surface area (TPSA) is 114 Å². The molecule has 0 bridgehead atoms. The van der Waals surface area contributed by atoms with Crippen LogP contribution in [0.3, 0.4) is 0 Å². The predicted octanol–water partition coefficient (Wildman–Crippen LogP) is 2.46. The molecule has 4 amide bonds. The van der Waals surface area contributed by atoms with E-state index in [0.717, 1.165) is 0 Å². The highest BCUT2D eigenvalue weighted by Gasteiger charge is 2.39. The Balaban J connectivity index is 1.42. The molecular formula is C23H21F2N3O6. The fourth-order valence-electron chi connectivity index (χ4n) is 3.88. The molecule has 0 aliphatic carbocycles. The molecule has 0 aromatic heterocycles. The minimum absolute atomic E-state index is 0.0719. The number of amides is 4. The molecule has 1 saturated heterocycles. The summed E-state index contributed by atoms with van der Waals surface area (Å²) in [7, 11) is 0. The molecule has 2 aliphatic rings. The standard InChI is InChI=1S/C23H21F2N3O6/c1-12(20(30)26-16-4-2-3-5-18(16)34-23(24)25)33-14-6-7-15-13(10-14)11-28(22(15)32)17-8-9-19(29)27-21(17)31/h2-7,10,12,17,23H,8-9,11H2,1H3,(H,26,30)(H,27,29,31). The Kier molecular flexibility index (Phi) is 6.44. The van der Waals surface area contributed by atoms with Crippen molar-refractivity contribution < 1.29 is 37.4 Å². The molecule has 0 radical (unpaired) electrons. The summed E-state index contributed by atoms with van der Waals surface area (Å²) >= 11 is 0. The van der Waals surface area contributed by atoms with Crippen LogP contribution < -0.4 is 20.1 Å². The molecule has 2 unspecified atom stereocenters. The Morgan fingerprint density at radius 2 is 1.91 bits per heavy atom. The number of benzene rings is 2. The number of hydrogen-bond acceptors (Lipinski definition) is 6. The van der Waals surface area contributed by atoms with Gasteiger partial charge in [-0.2, -0.15) is 8.78 Å². The smallest absolute Gasteiger partial charge is 0.387 e. The van der Waals surface area contributed by atoms with Gasteiger partial charge in [-0.05, 0) is 49.2 Å². The predicted molar refractivity (Wildman–Crippen MR) is 114 cm³/mol. The van der Waals surface area contributed by atoms with Crippen LogP contribution in [0.4, 0.5) is 14.5 Å². The van der Waals surface area contributed by atoms with E-state index in [4.69, 9.17) is 4.74 Å². The van der Waals surface area contributed by atoms with Gasteiger partial charge >= 0.3 is 6.61 Å². The van der Waals surface area contributed by atoms with E-state index >= 15 is 0 Å². The van der Waals surface area contributed by atoms with Gasteiger partial charge in [0, 0.05) is 18.5 Å². The molecule has 2 aromatic rings. The molecule has 2 aromatic carbocycles. The van der Waals surface area contributed by atoms with Gasteiger partial charge < -0.3 is 19.7 Å². The third-order valence-corrected chi connectivity index (χ3v) is 5.54. The maximum Gasteiger partial charge on any atom is 0.387 e. The largest absolute Gasteiger partial charge is 0.481 e. The minimum atomic E-state index is -3.04.